The lowest BCUT2D eigenvalue weighted by atomic mass is 10.0. The molecule has 172 valence electrons. The van der Waals surface area contributed by atoms with E-state index in [9.17, 15) is 4.79 Å². The number of benzene rings is 4. The maximum Gasteiger partial charge on any atom is 0.519 e. The van der Waals surface area contributed by atoms with E-state index in [1.807, 2.05) is 36.4 Å². The third-order valence-corrected chi connectivity index (χ3v) is 5.77. The molecule has 4 aromatic rings. The highest BCUT2D eigenvalue weighted by Gasteiger charge is 2.15. The van der Waals surface area contributed by atoms with Gasteiger partial charge in [-0.15, -0.1) is 0 Å². The molecule has 0 saturated heterocycles. The van der Waals surface area contributed by atoms with Crippen molar-refractivity contribution in [3.63, 3.8) is 0 Å². The molecule has 3 heteroatoms. The highest BCUT2D eigenvalue weighted by molar-refractivity contribution is 5.78. The molecule has 0 atom stereocenters. The average Bonchev–Trinajstić information content (AvgIpc) is 2.86. The number of hydrogen-bond acceptors (Lipinski definition) is 3. The zero-order valence-corrected chi connectivity index (χ0v) is 19.8. The van der Waals surface area contributed by atoms with Gasteiger partial charge in [-0.25, -0.2) is 4.79 Å². The van der Waals surface area contributed by atoms with E-state index in [2.05, 4.69) is 62.4 Å². The van der Waals surface area contributed by atoms with Crippen molar-refractivity contribution in [2.45, 2.75) is 39.5 Å². The SMILES string of the molecule is CCCc1ccc(-c2ccccc2OC(=O)Oc2ccccc2-c2ccc(CCC)cc2)cc1. The van der Waals surface area contributed by atoms with Crippen LogP contribution in [-0.2, 0) is 12.8 Å². The van der Waals surface area contributed by atoms with Gasteiger partial charge in [0.2, 0.25) is 0 Å². The second kappa shape index (κ2) is 11.3. The first-order chi connectivity index (χ1) is 16.7. The smallest absolute Gasteiger partial charge is 0.394 e. The summed E-state index contributed by atoms with van der Waals surface area (Å²) in [6.45, 7) is 4.34. The number of rotatable bonds is 8. The van der Waals surface area contributed by atoms with Crippen molar-refractivity contribution in [3.05, 3.63) is 108 Å². The predicted octanol–water partition coefficient (Wildman–Crippen LogP) is 8.50. The van der Waals surface area contributed by atoms with Crippen molar-refractivity contribution in [3.8, 4) is 33.8 Å². The van der Waals surface area contributed by atoms with E-state index in [1.54, 1.807) is 12.1 Å². The van der Waals surface area contributed by atoms with Crippen LogP contribution in [0.1, 0.15) is 37.8 Å². The van der Waals surface area contributed by atoms with Gasteiger partial charge in [0.05, 0.1) is 0 Å². The second-order valence-corrected chi connectivity index (χ2v) is 8.34. The van der Waals surface area contributed by atoms with Crippen LogP contribution in [0.25, 0.3) is 22.3 Å². The van der Waals surface area contributed by atoms with E-state index >= 15 is 0 Å². The maximum atomic E-state index is 12.8. The highest BCUT2D eigenvalue weighted by Crippen LogP contribution is 2.33. The van der Waals surface area contributed by atoms with Crippen molar-refractivity contribution in [2.75, 3.05) is 0 Å². The van der Waals surface area contributed by atoms with Crippen LogP contribution in [0.5, 0.6) is 11.5 Å². The van der Waals surface area contributed by atoms with E-state index in [1.165, 1.54) is 11.1 Å². The number of carbonyl (C=O) groups excluding carboxylic acids is 1. The minimum absolute atomic E-state index is 0.470. The topological polar surface area (TPSA) is 35.5 Å². The lowest BCUT2D eigenvalue weighted by Gasteiger charge is -2.13. The molecule has 0 heterocycles. The third-order valence-electron chi connectivity index (χ3n) is 5.77. The van der Waals surface area contributed by atoms with Crippen LogP contribution in [-0.4, -0.2) is 6.16 Å². The second-order valence-electron chi connectivity index (χ2n) is 8.34. The van der Waals surface area contributed by atoms with Crippen LogP contribution in [0.3, 0.4) is 0 Å². The van der Waals surface area contributed by atoms with Gasteiger partial charge < -0.3 is 9.47 Å². The Kier molecular flexibility index (Phi) is 7.77. The van der Waals surface area contributed by atoms with Gasteiger partial charge >= 0.3 is 6.16 Å². The Bertz CT molecular complexity index is 1130. The minimum atomic E-state index is -0.759. The molecular weight excluding hydrogens is 420 g/mol. The summed E-state index contributed by atoms with van der Waals surface area (Å²) in [6.07, 6.45) is 3.55. The van der Waals surface area contributed by atoms with E-state index in [0.29, 0.717) is 11.5 Å². The number of para-hydroxylation sites is 2. The molecule has 0 saturated carbocycles. The zero-order chi connectivity index (χ0) is 23.8. The molecule has 4 aromatic carbocycles. The fourth-order valence-electron chi connectivity index (χ4n) is 4.07. The zero-order valence-electron chi connectivity index (χ0n) is 19.8. The molecule has 0 spiro atoms. The first kappa shape index (κ1) is 23.3. The molecule has 4 rings (SSSR count). The largest absolute Gasteiger partial charge is 0.519 e. The van der Waals surface area contributed by atoms with Crippen molar-refractivity contribution in [2.24, 2.45) is 0 Å². The summed E-state index contributed by atoms with van der Waals surface area (Å²) in [4.78, 5) is 12.8. The Morgan fingerprint density at radius 2 is 0.941 bits per heavy atom. The molecule has 3 nitrogen and oxygen atoms in total. The molecule has 0 fully saturated rings. The fraction of sp³-hybridized carbons (Fsp3) is 0.194. The van der Waals surface area contributed by atoms with Crippen molar-refractivity contribution < 1.29 is 14.3 Å². The summed E-state index contributed by atoms with van der Waals surface area (Å²) in [5.74, 6) is 0.939. The van der Waals surface area contributed by atoms with Gasteiger partial charge in [0.1, 0.15) is 11.5 Å². The van der Waals surface area contributed by atoms with Crippen molar-refractivity contribution in [1.82, 2.24) is 0 Å². The van der Waals surface area contributed by atoms with Crippen molar-refractivity contribution in [1.29, 1.82) is 0 Å². The summed E-state index contributed by atoms with van der Waals surface area (Å²) < 4.78 is 11.3. The summed E-state index contributed by atoms with van der Waals surface area (Å²) in [5, 5.41) is 0. The quantitative estimate of drug-likeness (QED) is 0.199. The van der Waals surface area contributed by atoms with Crippen LogP contribution in [0.2, 0.25) is 0 Å². The molecule has 0 aliphatic carbocycles. The van der Waals surface area contributed by atoms with Gasteiger partial charge in [0, 0.05) is 11.1 Å². The van der Waals surface area contributed by atoms with Crippen LogP contribution in [0, 0.1) is 0 Å². The van der Waals surface area contributed by atoms with Gasteiger partial charge in [-0.2, -0.15) is 0 Å². The standard InChI is InChI=1S/C31H30O3/c1-3-9-23-15-19-25(20-16-23)27-11-5-7-13-29(27)33-31(32)34-30-14-8-6-12-28(30)26-21-17-24(10-4-2)18-22-26/h5-8,11-22H,3-4,9-10H2,1-2H3. The van der Waals surface area contributed by atoms with Crippen LogP contribution >= 0.6 is 0 Å². The first-order valence-electron chi connectivity index (χ1n) is 11.9. The molecule has 0 N–H and O–H groups in total. The van der Waals surface area contributed by atoms with Gasteiger partial charge in [-0.05, 0) is 47.2 Å². The number of hydrogen-bond donors (Lipinski definition) is 0. The van der Waals surface area contributed by atoms with E-state index in [0.717, 1.165) is 47.9 Å². The molecule has 0 unspecified atom stereocenters. The molecule has 0 radical (unpaired) electrons. The number of aryl methyl sites for hydroxylation is 2. The molecule has 0 aliphatic heterocycles. The molecule has 0 aliphatic rings. The van der Waals surface area contributed by atoms with Gasteiger partial charge in [0.15, 0.2) is 0 Å². The molecule has 0 aromatic heterocycles. The van der Waals surface area contributed by atoms with E-state index < -0.39 is 6.16 Å². The third kappa shape index (κ3) is 5.74. The summed E-state index contributed by atoms with van der Waals surface area (Å²) in [6, 6.07) is 31.8. The van der Waals surface area contributed by atoms with Gasteiger partial charge in [0.25, 0.3) is 0 Å². The minimum Gasteiger partial charge on any atom is -0.394 e. The average molecular weight is 451 g/mol. The normalized spacial score (nSPS) is 10.6. The Labute approximate surface area is 202 Å². The Balaban J connectivity index is 1.52. The van der Waals surface area contributed by atoms with E-state index in [-0.39, 0.29) is 0 Å². The van der Waals surface area contributed by atoms with E-state index in [4.69, 9.17) is 9.47 Å². The number of ether oxygens (including phenoxy) is 2. The summed E-state index contributed by atoms with van der Waals surface area (Å²) in [7, 11) is 0. The van der Waals surface area contributed by atoms with Crippen molar-refractivity contribution >= 4 is 6.16 Å². The van der Waals surface area contributed by atoms with Gasteiger partial charge in [-0.3, -0.25) is 0 Å². The Morgan fingerprint density at radius 1 is 0.559 bits per heavy atom. The van der Waals surface area contributed by atoms with Gasteiger partial charge in [-0.1, -0.05) is 112 Å². The Hall–Kier alpha value is -3.85. The summed E-state index contributed by atoms with van der Waals surface area (Å²) in [5.41, 5.74) is 6.28. The highest BCUT2D eigenvalue weighted by atomic mass is 16.7. The van der Waals surface area contributed by atoms with Crippen LogP contribution < -0.4 is 9.47 Å². The monoisotopic (exact) mass is 450 g/mol. The number of carbonyl (C=O) groups is 1. The van der Waals surface area contributed by atoms with Crippen LogP contribution in [0.15, 0.2) is 97.1 Å². The van der Waals surface area contributed by atoms with Crippen LogP contribution in [0.4, 0.5) is 4.79 Å². The Morgan fingerprint density at radius 3 is 1.32 bits per heavy atom. The fourth-order valence-corrected chi connectivity index (χ4v) is 4.07. The molecular formula is C31H30O3. The first-order valence-corrected chi connectivity index (χ1v) is 11.9. The predicted molar refractivity (Wildman–Crippen MR) is 138 cm³/mol. The summed E-state index contributed by atoms with van der Waals surface area (Å²) >= 11 is 0. The maximum absolute atomic E-state index is 12.8. The molecule has 0 amide bonds. The lowest BCUT2D eigenvalue weighted by Crippen LogP contribution is -2.14. The molecule has 34 heavy (non-hydrogen) atoms. The molecule has 0 bridgehead atoms. The lowest BCUT2D eigenvalue weighted by molar-refractivity contribution is 0.152.